The van der Waals surface area contributed by atoms with Gasteiger partial charge in [-0.3, -0.25) is 10.2 Å². The van der Waals surface area contributed by atoms with E-state index in [4.69, 9.17) is 4.74 Å². The predicted molar refractivity (Wildman–Crippen MR) is 121 cm³/mol. The molecule has 3 aromatic rings. The van der Waals surface area contributed by atoms with Gasteiger partial charge in [0.1, 0.15) is 12.4 Å². The fraction of sp³-hybridized carbons (Fsp3) is 0.280. The molecule has 160 valence electrons. The van der Waals surface area contributed by atoms with Crippen LogP contribution in [0.3, 0.4) is 0 Å². The minimum atomic E-state index is -0.387. The molecule has 0 heterocycles. The van der Waals surface area contributed by atoms with Crippen LogP contribution in [0.25, 0.3) is 10.8 Å². The zero-order valence-corrected chi connectivity index (χ0v) is 17.7. The minimum Gasteiger partial charge on any atom is -0.489 e. The first-order valence-electron chi connectivity index (χ1n) is 10.6. The molecule has 1 saturated carbocycles. The number of carbonyl (C=O) groups excluding carboxylic acids is 2. The molecule has 0 bridgehead atoms. The lowest BCUT2D eigenvalue weighted by Crippen LogP contribution is -2.47. The molecular weight excluding hydrogens is 390 g/mol. The van der Waals surface area contributed by atoms with E-state index in [0.29, 0.717) is 24.0 Å². The topological polar surface area (TPSA) is 79.5 Å². The van der Waals surface area contributed by atoms with Gasteiger partial charge in [-0.1, -0.05) is 56.3 Å². The van der Waals surface area contributed by atoms with E-state index < -0.39 is 0 Å². The van der Waals surface area contributed by atoms with E-state index in [1.54, 1.807) is 12.1 Å². The Bertz CT molecular complexity index is 1080. The van der Waals surface area contributed by atoms with E-state index in [1.165, 1.54) is 5.39 Å². The molecule has 0 unspecified atom stereocenters. The maximum Gasteiger partial charge on any atom is 0.333 e. The molecule has 1 aliphatic carbocycles. The van der Waals surface area contributed by atoms with Gasteiger partial charge >= 0.3 is 6.03 Å². The summed E-state index contributed by atoms with van der Waals surface area (Å²) in [6.45, 7) is 4.68. The van der Waals surface area contributed by atoms with Crippen molar-refractivity contribution in [1.29, 1.82) is 0 Å². The maximum atomic E-state index is 12.3. The number of nitrogens with one attached hydrogen (secondary N) is 3. The van der Waals surface area contributed by atoms with E-state index >= 15 is 0 Å². The predicted octanol–water partition coefficient (Wildman–Crippen LogP) is 4.41. The summed E-state index contributed by atoms with van der Waals surface area (Å²) < 4.78 is 5.88. The van der Waals surface area contributed by atoms with E-state index in [2.05, 4.69) is 42.1 Å². The van der Waals surface area contributed by atoms with Crippen LogP contribution >= 0.6 is 0 Å². The highest BCUT2D eigenvalue weighted by Gasteiger charge is 2.40. The number of hydrogen-bond donors (Lipinski definition) is 3. The van der Waals surface area contributed by atoms with Crippen molar-refractivity contribution in [3.63, 3.8) is 0 Å². The standard InChI is InChI=1S/C25H27N3O3/c1-16(2)22-14-23(22)26-25(30)28-27-24(29)19-9-7-17(8-10-19)15-31-21-12-11-18-5-3-4-6-20(18)13-21/h3-13,16,22-23H,14-15H2,1-2H3,(H,27,29)(H2,26,28,30)/t22-,23+/m0/s1. The molecular formula is C25H27N3O3. The van der Waals surface area contributed by atoms with Crippen molar-refractivity contribution >= 4 is 22.7 Å². The van der Waals surface area contributed by atoms with Gasteiger partial charge in [-0.25, -0.2) is 10.2 Å². The molecule has 0 saturated heterocycles. The van der Waals surface area contributed by atoms with E-state index in [-0.39, 0.29) is 18.0 Å². The summed E-state index contributed by atoms with van der Waals surface area (Å²) >= 11 is 0. The van der Waals surface area contributed by atoms with E-state index in [1.807, 2.05) is 42.5 Å². The zero-order valence-electron chi connectivity index (χ0n) is 17.7. The third kappa shape index (κ3) is 5.34. The minimum absolute atomic E-state index is 0.193. The first-order valence-corrected chi connectivity index (χ1v) is 10.6. The molecule has 1 fully saturated rings. The molecule has 6 nitrogen and oxygen atoms in total. The molecule has 1 aliphatic rings. The van der Waals surface area contributed by atoms with Crippen LogP contribution in [0.4, 0.5) is 4.79 Å². The molecule has 6 heteroatoms. The lowest BCUT2D eigenvalue weighted by molar-refractivity contribution is 0.0936. The van der Waals surface area contributed by atoms with Crippen LogP contribution < -0.4 is 20.9 Å². The number of carbonyl (C=O) groups is 2. The zero-order chi connectivity index (χ0) is 21.8. The van der Waals surface area contributed by atoms with Crippen molar-refractivity contribution in [3.8, 4) is 5.75 Å². The van der Waals surface area contributed by atoms with E-state index in [9.17, 15) is 9.59 Å². The number of benzene rings is 3. The Labute approximate surface area is 182 Å². The molecule has 4 rings (SSSR count). The average Bonchev–Trinajstić information content (AvgIpc) is 3.55. The van der Waals surface area contributed by atoms with Crippen LogP contribution in [0.1, 0.15) is 36.2 Å². The van der Waals surface area contributed by atoms with Gasteiger partial charge in [0.2, 0.25) is 0 Å². The molecule has 31 heavy (non-hydrogen) atoms. The van der Waals surface area contributed by atoms with Crippen LogP contribution in [0, 0.1) is 11.8 Å². The molecule has 0 aliphatic heterocycles. The Balaban J connectivity index is 1.24. The monoisotopic (exact) mass is 417 g/mol. The fourth-order valence-electron chi connectivity index (χ4n) is 3.68. The molecule has 0 aromatic heterocycles. The number of ether oxygens (including phenoxy) is 1. The average molecular weight is 418 g/mol. The van der Waals surface area contributed by atoms with Crippen molar-refractivity contribution in [3.05, 3.63) is 77.9 Å². The van der Waals surface area contributed by atoms with Crippen LogP contribution in [0.2, 0.25) is 0 Å². The highest BCUT2D eigenvalue weighted by molar-refractivity contribution is 5.95. The number of hydrogen-bond acceptors (Lipinski definition) is 3. The van der Waals surface area contributed by atoms with Gasteiger partial charge in [0.05, 0.1) is 0 Å². The lowest BCUT2D eigenvalue weighted by Gasteiger charge is -2.10. The second-order valence-electron chi connectivity index (χ2n) is 8.30. The maximum absolute atomic E-state index is 12.3. The van der Waals surface area contributed by atoms with Gasteiger partial charge in [-0.2, -0.15) is 0 Å². The Morgan fingerprint density at radius 2 is 1.71 bits per heavy atom. The highest BCUT2D eigenvalue weighted by Crippen LogP contribution is 2.36. The molecule has 3 aromatic carbocycles. The van der Waals surface area contributed by atoms with Gasteiger partial charge in [0.25, 0.3) is 5.91 Å². The first-order chi connectivity index (χ1) is 15.0. The summed E-state index contributed by atoms with van der Waals surface area (Å²) in [6, 6.07) is 21.0. The molecule has 3 amide bonds. The SMILES string of the molecule is CC(C)[C@@H]1C[C@H]1NC(=O)NNC(=O)c1ccc(COc2ccc3ccccc3c2)cc1. The summed E-state index contributed by atoms with van der Waals surface area (Å²) in [7, 11) is 0. The normalized spacial score (nSPS) is 17.3. The second kappa shape index (κ2) is 9.08. The Morgan fingerprint density at radius 1 is 0.968 bits per heavy atom. The quantitative estimate of drug-likeness (QED) is 0.520. The van der Waals surface area contributed by atoms with Crippen LogP contribution in [-0.4, -0.2) is 18.0 Å². The summed E-state index contributed by atoms with van der Waals surface area (Å²) in [5, 5.41) is 5.16. The van der Waals surface area contributed by atoms with Crippen molar-refractivity contribution in [2.45, 2.75) is 32.9 Å². The number of fused-ring (bicyclic) bond motifs is 1. The van der Waals surface area contributed by atoms with Crippen molar-refractivity contribution in [2.24, 2.45) is 11.8 Å². The van der Waals surface area contributed by atoms with Crippen molar-refractivity contribution in [2.75, 3.05) is 0 Å². The summed E-state index contributed by atoms with van der Waals surface area (Å²) in [4.78, 5) is 24.2. The molecule has 2 atom stereocenters. The Kier molecular flexibility index (Phi) is 6.07. The Hall–Kier alpha value is -3.54. The van der Waals surface area contributed by atoms with Gasteiger partial charge in [-0.05, 0) is 58.9 Å². The Morgan fingerprint density at radius 3 is 2.42 bits per heavy atom. The molecule has 0 spiro atoms. The molecule has 3 N–H and O–H groups in total. The second-order valence-corrected chi connectivity index (χ2v) is 8.30. The van der Waals surface area contributed by atoms with Gasteiger partial charge < -0.3 is 10.1 Å². The largest absolute Gasteiger partial charge is 0.489 e. The summed E-state index contributed by atoms with van der Waals surface area (Å²) in [6.07, 6.45) is 0.988. The highest BCUT2D eigenvalue weighted by atomic mass is 16.5. The van der Waals surface area contributed by atoms with Crippen molar-refractivity contribution < 1.29 is 14.3 Å². The van der Waals surface area contributed by atoms with Crippen LogP contribution in [0.15, 0.2) is 66.7 Å². The van der Waals surface area contributed by atoms with Crippen LogP contribution in [-0.2, 0) is 6.61 Å². The van der Waals surface area contributed by atoms with Crippen molar-refractivity contribution in [1.82, 2.24) is 16.2 Å². The number of urea groups is 1. The molecule has 0 radical (unpaired) electrons. The smallest absolute Gasteiger partial charge is 0.333 e. The first kappa shape index (κ1) is 20.7. The van der Waals surface area contributed by atoms with Gasteiger partial charge in [-0.15, -0.1) is 0 Å². The fourth-order valence-corrected chi connectivity index (χ4v) is 3.68. The third-order valence-corrected chi connectivity index (χ3v) is 5.64. The number of hydrazine groups is 1. The number of amides is 3. The van der Waals surface area contributed by atoms with Gasteiger partial charge in [0, 0.05) is 11.6 Å². The summed E-state index contributed by atoms with van der Waals surface area (Å²) in [5.41, 5.74) is 6.26. The van der Waals surface area contributed by atoms with Gasteiger partial charge in [0.15, 0.2) is 0 Å². The third-order valence-electron chi connectivity index (χ3n) is 5.64. The summed E-state index contributed by atoms with van der Waals surface area (Å²) in [5.74, 6) is 1.49. The lowest BCUT2D eigenvalue weighted by atomic mass is 10.1. The van der Waals surface area contributed by atoms with E-state index in [0.717, 1.165) is 23.1 Å². The number of rotatable bonds is 6. The van der Waals surface area contributed by atoms with Crippen LogP contribution in [0.5, 0.6) is 5.75 Å².